The van der Waals surface area contributed by atoms with Crippen LogP contribution in [0.25, 0.3) is 0 Å². The lowest BCUT2D eigenvalue weighted by atomic mass is 9.70. The molecule has 2 saturated heterocycles. The van der Waals surface area contributed by atoms with Crippen LogP contribution in [-0.4, -0.2) is 41.8 Å². The Balaban J connectivity index is 2.29. The summed E-state index contributed by atoms with van der Waals surface area (Å²) in [5, 5.41) is 0. The number of nitrogens with zero attached hydrogens (tertiary/aromatic N) is 1. The molecule has 0 aliphatic carbocycles. The maximum Gasteiger partial charge on any atom is 0.410 e. The molecule has 2 aliphatic heterocycles. The predicted octanol–water partition coefficient (Wildman–Crippen LogP) is 3.51. The van der Waals surface area contributed by atoms with E-state index in [1.807, 2.05) is 25.7 Å². The zero-order chi connectivity index (χ0) is 16.5. The van der Waals surface area contributed by atoms with Crippen LogP contribution in [0.1, 0.15) is 66.2 Å². The third-order valence-corrected chi connectivity index (χ3v) is 4.96. The van der Waals surface area contributed by atoms with Crippen molar-refractivity contribution in [1.29, 1.82) is 0 Å². The molecule has 22 heavy (non-hydrogen) atoms. The van der Waals surface area contributed by atoms with Crippen molar-refractivity contribution in [2.45, 2.75) is 83.9 Å². The van der Waals surface area contributed by atoms with Gasteiger partial charge in [-0.25, -0.2) is 4.79 Å². The number of ether oxygens (including phenoxy) is 2. The van der Waals surface area contributed by atoms with Crippen molar-refractivity contribution in [2.75, 3.05) is 7.11 Å². The number of hydrogen-bond donors (Lipinski definition) is 0. The summed E-state index contributed by atoms with van der Waals surface area (Å²) >= 11 is 0. The normalized spacial score (nSPS) is 31.0. The van der Waals surface area contributed by atoms with Gasteiger partial charge in [0.2, 0.25) is 0 Å². The molecule has 0 spiro atoms. The molecule has 2 bridgehead atoms. The van der Waals surface area contributed by atoms with Crippen LogP contribution in [0.5, 0.6) is 0 Å². The summed E-state index contributed by atoms with van der Waals surface area (Å²) in [5.74, 6) is -0.173. The first kappa shape index (κ1) is 17.1. The lowest BCUT2D eigenvalue weighted by Gasteiger charge is -2.46. The molecular formula is C17H29NO4. The summed E-state index contributed by atoms with van der Waals surface area (Å²) in [6.07, 6.45) is 4.84. The number of carbonyl (C=O) groups excluding carboxylic acids is 2. The first-order valence-corrected chi connectivity index (χ1v) is 8.35. The van der Waals surface area contributed by atoms with Crippen molar-refractivity contribution in [2.24, 2.45) is 5.41 Å². The van der Waals surface area contributed by atoms with Gasteiger partial charge in [0.05, 0.1) is 18.6 Å². The zero-order valence-electron chi connectivity index (χ0n) is 14.5. The van der Waals surface area contributed by atoms with E-state index in [1.54, 1.807) is 0 Å². The number of amides is 1. The van der Waals surface area contributed by atoms with E-state index >= 15 is 0 Å². The van der Waals surface area contributed by atoms with E-state index in [0.29, 0.717) is 0 Å². The number of fused-ring (bicyclic) bond motifs is 2. The first-order valence-electron chi connectivity index (χ1n) is 8.35. The Kier molecular flexibility index (Phi) is 4.73. The van der Waals surface area contributed by atoms with Crippen LogP contribution in [0.3, 0.4) is 0 Å². The standard InChI is InChI=1S/C17H29NO4/c1-6-10-17(14(19)21-5)11-9-12-7-8-13(17)18(12)15(20)22-16(2,3)4/h12-13H,6-11H2,1-5H3. The SMILES string of the molecule is CCCC1(C(=O)OC)CCC2CCC1N2C(=O)OC(C)(C)C. The Hall–Kier alpha value is -1.26. The topological polar surface area (TPSA) is 55.8 Å². The van der Waals surface area contributed by atoms with Crippen molar-refractivity contribution in [3.63, 3.8) is 0 Å². The quantitative estimate of drug-likeness (QED) is 0.748. The summed E-state index contributed by atoms with van der Waals surface area (Å²) in [6, 6.07) is 0.114. The summed E-state index contributed by atoms with van der Waals surface area (Å²) < 4.78 is 10.7. The van der Waals surface area contributed by atoms with Gasteiger partial charge >= 0.3 is 12.1 Å². The van der Waals surface area contributed by atoms with E-state index in [4.69, 9.17) is 9.47 Å². The number of rotatable bonds is 3. The van der Waals surface area contributed by atoms with Crippen LogP contribution in [0.15, 0.2) is 0 Å². The fourth-order valence-corrected chi connectivity index (χ4v) is 4.17. The fourth-order valence-electron chi connectivity index (χ4n) is 4.17. The monoisotopic (exact) mass is 311 g/mol. The summed E-state index contributed by atoms with van der Waals surface area (Å²) in [5.41, 5.74) is -1.08. The number of piperidine rings is 1. The minimum Gasteiger partial charge on any atom is -0.469 e. The molecule has 126 valence electrons. The average molecular weight is 311 g/mol. The van der Waals surface area contributed by atoms with Gasteiger partial charge in [-0.1, -0.05) is 13.3 Å². The van der Waals surface area contributed by atoms with E-state index in [-0.39, 0.29) is 24.1 Å². The van der Waals surface area contributed by atoms with Crippen molar-refractivity contribution >= 4 is 12.1 Å². The Bertz CT molecular complexity index is 442. The molecule has 0 aromatic heterocycles. The van der Waals surface area contributed by atoms with Crippen molar-refractivity contribution in [1.82, 2.24) is 4.90 Å². The third kappa shape index (κ3) is 2.95. The maximum atomic E-state index is 12.6. The molecule has 2 fully saturated rings. The third-order valence-electron chi connectivity index (χ3n) is 4.96. The largest absolute Gasteiger partial charge is 0.469 e. The van der Waals surface area contributed by atoms with E-state index in [2.05, 4.69) is 6.92 Å². The van der Waals surface area contributed by atoms with Gasteiger partial charge in [0.25, 0.3) is 0 Å². The molecule has 2 rings (SSSR count). The molecule has 5 heteroatoms. The molecule has 3 unspecified atom stereocenters. The predicted molar refractivity (Wildman–Crippen MR) is 83.5 cm³/mol. The number of esters is 1. The highest BCUT2D eigenvalue weighted by Gasteiger charge is 2.57. The van der Waals surface area contributed by atoms with E-state index in [1.165, 1.54) is 7.11 Å². The van der Waals surface area contributed by atoms with Gasteiger partial charge in [0, 0.05) is 6.04 Å². The second-order valence-electron chi connectivity index (χ2n) is 7.57. The summed E-state index contributed by atoms with van der Waals surface area (Å²) in [7, 11) is 1.44. The van der Waals surface area contributed by atoms with E-state index in [9.17, 15) is 9.59 Å². The second kappa shape index (κ2) is 6.09. The molecule has 0 aromatic carbocycles. The molecule has 1 amide bonds. The van der Waals surface area contributed by atoms with Crippen LogP contribution in [0.4, 0.5) is 4.79 Å². The second-order valence-corrected chi connectivity index (χ2v) is 7.57. The molecule has 0 N–H and O–H groups in total. The van der Waals surface area contributed by atoms with Crippen LogP contribution in [0.2, 0.25) is 0 Å². The summed E-state index contributed by atoms with van der Waals surface area (Å²) in [6.45, 7) is 7.69. The fraction of sp³-hybridized carbons (Fsp3) is 0.882. The van der Waals surface area contributed by atoms with Crippen LogP contribution < -0.4 is 0 Å². The van der Waals surface area contributed by atoms with Gasteiger partial charge in [-0.05, 0) is 52.9 Å². The molecular weight excluding hydrogens is 282 g/mol. The minimum absolute atomic E-state index is 0.0894. The number of carbonyl (C=O) groups is 2. The van der Waals surface area contributed by atoms with Gasteiger partial charge in [0.15, 0.2) is 0 Å². The van der Waals surface area contributed by atoms with Gasteiger partial charge in [0.1, 0.15) is 5.60 Å². The van der Waals surface area contributed by atoms with Crippen molar-refractivity contribution in [3.05, 3.63) is 0 Å². The highest BCUT2D eigenvalue weighted by Crippen LogP contribution is 2.50. The Morgan fingerprint density at radius 1 is 1.23 bits per heavy atom. The Morgan fingerprint density at radius 2 is 1.91 bits per heavy atom. The van der Waals surface area contributed by atoms with Crippen LogP contribution in [-0.2, 0) is 14.3 Å². The van der Waals surface area contributed by atoms with Crippen LogP contribution in [0, 0.1) is 5.41 Å². The Morgan fingerprint density at radius 3 is 2.45 bits per heavy atom. The Labute approximate surface area is 133 Å². The summed E-state index contributed by atoms with van der Waals surface area (Å²) in [4.78, 5) is 27.0. The maximum absolute atomic E-state index is 12.6. The minimum atomic E-state index is -0.562. The molecule has 3 atom stereocenters. The van der Waals surface area contributed by atoms with Gasteiger partial charge in [-0.2, -0.15) is 0 Å². The molecule has 0 radical (unpaired) electrons. The van der Waals surface area contributed by atoms with E-state index in [0.717, 1.165) is 38.5 Å². The first-order chi connectivity index (χ1) is 10.2. The molecule has 0 saturated carbocycles. The van der Waals surface area contributed by atoms with Gasteiger partial charge < -0.3 is 14.4 Å². The number of methoxy groups -OCH3 is 1. The molecule has 2 aliphatic rings. The van der Waals surface area contributed by atoms with E-state index < -0.39 is 11.0 Å². The van der Waals surface area contributed by atoms with Crippen molar-refractivity contribution in [3.8, 4) is 0 Å². The zero-order valence-corrected chi connectivity index (χ0v) is 14.5. The average Bonchev–Trinajstić information content (AvgIpc) is 2.77. The lowest BCUT2D eigenvalue weighted by Crippen LogP contribution is -2.58. The highest BCUT2D eigenvalue weighted by molar-refractivity contribution is 5.80. The van der Waals surface area contributed by atoms with Crippen molar-refractivity contribution < 1.29 is 19.1 Å². The lowest BCUT2D eigenvalue weighted by molar-refractivity contribution is -0.161. The smallest absolute Gasteiger partial charge is 0.410 e. The number of hydrogen-bond acceptors (Lipinski definition) is 4. The van der Waals surface area contributed by atoms with Gasteiger partial charge in [-0.3, -0.25) is 4.79 Å². The molecule has 5 nitrogen and oxygen atoms in total. The van der Waals surface area contributed by atoms with Crippen LogP contribution >= 0.6 is 0 Å². The highest BCUT2D eigenvalue weighted by atomic mass is 16.6. The van der Waals surface area contributed by atoms with Gasteiger partial charge in [-0.15, -0.1) is 0 Å². The molecule has 2 heterocycles. The molecule has 0 aromatic rings.